The molecule has 0 amide bonds. The van der Waals surface area contributed by atoms with Crippen LogP contribution in [0.3, 0.4) is 0 Å². The summed E-state index contributed by atoms with van der Waals surface area (Å²) in [6.45, 7) is 4.02. The lowest BCUT2D eigenvalue weighted by atomic mass is 10.0. The molecule has 5 nitrogen and oxygen atoms in total. The third kappa shape index (κ3) is 3.15. The van der Waals surface area contributed by atoms with Crippen molar-refractivity contribution in [1.82, 2.24) is 19.6 Å². The van der Waals surface area contributed by atoms with Gasteiger partial charge in [0.05, 0.1) is 18.8 Å². The van der Waals surface area contributed by atoms with Crippen LogP contribution in [-0.4, -0.2) is 53.4 Å². The van der Waals surface area contributed by atoms with Gasteiger partial charge in [-0.05, 0) is 19.2 Å². The number of aryl methyl sites for hydroxylation is 1. The molecule has 1 aliphatic rings. The van der Waals surface area contributed by atoms with Crippen LogP contribution in [0.2, 0.25) is 0 Å². The quantitative estimate of drug-likeness (QED) is 0.864. The van der Waals surface area contributed by atoms with Crippen molar-refractivity contribution < 1.29 is 4.74 Å². The highest BCUT2D eigenvalue weighted by Gasteiger charge is 2.27. The van der Waals surface area contributed by atoms with Crippen LogP contribution < -0.4 is 4.74 Å². The summed E-state index contributed by atoms with van der Waals surface area (Å²) >= 11 is 0. The van der Waals surface area contributed by atoms with E-state index >= 15 is 0 Å². The van der Waals surface area contributed by atoms with Gasteiger partial charge in [0, 0.05) is 45.0 Å². The first kappa shape index (κ1) is 15.1. The molecule has 0 radical (unpaired) electrons. The van der Waals surface area contributed by atoms with Crippen LogP contribution in [0.1, 0.15) is 17.3 Å². The van der Waals surface area contributed by atoms with Crippen molar-refractivity contribution in [2.75, 3.05) is 33.8 Å². The maximum absolute atomic E-state index is 5.54. The topological polar surface area (TPSA) is 33.5 Å². The number of aromatic nitrogens is 2. The Kier molecular flexibility index (Phi) is 4.45. The molecule has 1 saturated heterocycles. The molecule has 3 rings (SSSR count). The van der Waals surface area contributed by atoms with Crippen LogP contribution in [0.5, 0.6) is 5.75 Å². The summed E-state index contributed by atoms with van der Waals surface area (Å²) in [6.07, 6.45) is 2.00. The Labute approximate surface area is 132 Å². The second-order valence-electron chi connectivity index (χ2n) is 5.95. The first-order valence-electron chi connectivity index (χ1n) is 7.71. The van der Waals surface area contributed by atoms with E-state index in [4.69, 9.17) is 4.74 Å². The molecule has 1 aromatic heterocycles. The van der Waals surface area contributed by atoms with E-state index in [9.17, 15) is 0 Å². The number of ether oxygens (including phenoxy) is 1. The molecule has 0 bridgehead atoms. The second-order valence-corrected chi connectivity index (χ2v) is 5.95. The maximum atomic E-state index is 5.54. The van der Waals surface area contributed by atoms with Crippen LogP contribution >= 0.6 is 0 Å². The smallest absolute Gasteiger partial charge is 0.123 e. The van der Waals surface area contributed by atoms with E-state index in [1.165, 1.54) is 5.56 Å². The standard InChI is InChI=1S/C17H24N4O/c1-19-10-11-21(12-14-8-9-20(2)18-14)13-16(19)15-6-4-5-7-17(15)22-3/h4-9,16H,10-13H2,1-3H3/t16-/m1/s1. The molecule has 0 unspecified atom stereocenters. The van der Waals surface area contributed by atoms with Crippen LogP contribution in [0.15, 0.2) is 36.5 Å². The predicted octanol–water partition coefficient (Wildman–Crippen LogP) is 1.92. The van der Waals surface area contributed by atoms with Gasteiger partial charge < -0.3 is 4.74 Å². The highest BCUT2D eigenvalue weighted by molar-refractivity contribution is 5.36. The molecular weight excluding hydrogens is 276 g/mol. The zero-order valence-electron chi connectivity index (χ0n) is 13.6. The van der Waals surface area contributed by atoms with Gasteiger partial charge in [0.15, 0.2) is 0 Å². The largest absolute Gasteiger partial charge is 0.496 e. The number of nitrogens with zero attached hydrogens (tertiary/aromatic N) is 4. The van der Waals surface area contributed by atoms with Crippen LogP contribution in [0, 0.1) is 0 Å². The normalized spacial score (nSPS) is 20.2. The Hall–Kier alpha value is -1.85. The van der Waals surface area contributed by atoms with E-state index in [1.807, 2.05) is 30.1 Å². The van der Waals surface area contributed by atoms with Gasteiger partial charge in [-0.25, -0.2) is 0 Å². The average molecular weight is 300 g/mol. The lowest BCUT2D eigenvalue weighted by molar-refractivity contribution is 0.0880. The fourth-order valence-corrected chi connectivity index (χ4v) is 3.13. The van der Waals surface area contributed by atoms with Crippen molar-refractivity contribution in [2.45, 2.75) is 12.6 Å². The van der Waals surface area contributed by atoms with Crippen molar-refractivity contribution in [3.05, 3.63) is 47.8 Å². The predicted molar refractivity (Wildman–Crippen MR) is 86.9 cm³/mol. The number of para-hydroxylation sites is 1. The van der Waals surface area contributed by atoms with E-state index in [1.54, 1.807) is 7.11 Å². The van der Waals surface area contributed by atoms with Crippen molar-refractivity contribution in [1.29, 1.82) is 0 Å². The molecule has 1 aliphatic heterocycles. The molecule has 2 aromatic rings. The SMILES string of the molecule is COc1ccccc1[C@H]1CN(Cc2ccn(C)n2)CCN1C. The lowest BCUT2D eigenvalue weighted by Gasteiger charge is -2.39. The molecule has 1 aromatic carbocycles. The summed E-state index contributed by atoms with van der Waals surface area (Å²) in [5.41, 5.74) is 2.39. The van der Waals surface area contributed by atoms with Crippen LogP contribution in [-0.2, 0) is 13.6 Å². The molecule has 22 heavy (non-hydrogen) atoms. The maximum Gasteiger partial charge on any atom is 0.123 e. The Bertz CT molecular complexity index is 625. The number of benzene rings is 1. The minimum Gasteiger partial charge on any atom is -0.496 e. The number of hydrogen-bond donors (Lipinski definition) is 0. The Balaban J connectivity index is 1.76. The molecule has 0 spiro atoms. The molecule has 1 atom stereocenters. The Morgan fingerprint density at radius 1 is 1.18 bits per heavy atom. The minimum absolute atomic E-state index is 0.355. The van der Waals surface area contributed by atoms with E-state index in [0.717, 1.165) is 37.6 Å². The van der Waals surface area contributed by atoms with Gasteiger partial charge in [-0.15, -0.1) is 0 Å². The minimum atomic E-state index is 0.355. The van der Waals surface area contributed by atoms with Crippen molar-refractivity contribution in [3.63, 3.8) is 0 Å². The fraction of sp³-hybridized carbons (Fsp3) is 0.471. The van der Waals surface area contributed by atoms with Gasteiger partial charge in [-0.3, -0.25) is 14.5 Å². The monoisotopic (exact) mass is 300 g/mol. The zero-order chi connectivity index (χ0) is 15.5. The van der Waals surface area contributed by atoms with Gasteiger partial charge in [-0.1, -0.05) is 18.2 Å². The first-order valence-corrected chi connectivity index (χ1v) is 7.71. The van der Waals surface area contributed by atoms with E-state index in [-0.39, 0.29) is 0 Å². The highest BCUT2D eigenvalue weighted by atomic mass is 16.5. The Morgan fingerprint density at radius 2 is 2.00 bits per heavy atom. The summed E-state index contributed by atoms with van der Waals surface area (Å²) in [4.78, 5) is 4.88. The third-order valence-corrected chi connectivity index (χ3v) is 4.38. The van der Waals surface area contributed by atoms with E-state index < -0.39 is 0 Å². The van der Waals surface area contributed by atoms with Crippen molar-refractivity contribution >= 4 is 0 Å². The first-order chi connectivity index (χ1) is 10.7. The summed E-state index contributed by atoms with van der Waals surface area (Å²) in [6, 6.07) is 10.8. The van der Waals surface area contributed by atoms with Crippen molar-refractivity contribution in [2.24, 2.45) is 7.05 Å². The van der Waals surface area contributed by atoms with Gasteiger partial charge in [-0.2, -0.15) is 5.10 Å². The zero-order valence-corrected chi connectivity index (χ0v) is 13.6. The van der Waals surface area contributed by atoms with Gasteiger partial charge in [0.25, 0.3) is 0 Å². The molecular formula is C17H24N4O. The molecule has 0 aliphatic carbocycles. The summed E-state index contributed by atoms with van der Waals surface area (Å²) in [7, 11) is 5.90. The summed E-state index contributed by atoms with van der Waals surface area (Å²) < 4.78 is 7.41. The van der Waals surface area contributed by atoms with Gasteiger partial charge in [0.2, 0.25) is 0 Å². The number of piperazine rings is 1. The Morgan fingerprint density at radius 3 is 2.73 bits per heavy atom. The lowest BCUT2D eigenvalue weighted by Crippen LogP contribution is -2.46. The van der Waals surface area contributed by atoms with E-state index in [2.05, 4.69) is 40.1 Å². The molecule has 1 fully saturated rings. The summed E-state index contributed by atoms with van der Waals surface area (Å²) in [5.74, 6) is 0.971. The van der Waals surface area contributed by atoms with Crippen LogP contribution in [0.4, 0.5) is 0 Å². The number of hydrogen-bond acceptors (Lipinski definition) is 4. The van der Waals surface area contributed by atoms with E-state index in [0.29, 0.717) is 6.04 Å². The number of likely N-dealkylation sites (N-methyl/N-ethyl adjacent to an activating group) is 1. The average Bonchev–Trinajstić information content (AvgIpc) is 2.94. The highest BCUT2D eigenvalue weighted by Crippen LogP contribution is 2.31. The van der Waals surface area contributed by atoms with Crippen molar-refractivity contribution in [3.8, 4) is 5.75 Å². The number of methoxy groups -OCH3 is 1. The molecule has 0 saturated carbocycles. The fourth-order valence-electron chi connectivity index (χ4n) is 3.13. The van der Waals surface area contributed by atoms with Gasteiger partial charge in [0.1, 0.15) is 5.75 Å². The molecule has 5 heteroatoms. The molecule has 0 N–H and O–H groups in total. The number of rotatable bonds is 4. The molecule has 118 valence electrons. The third-order valence-electron chi connectivity index (χ3n) is 4.38. The second kappa shape index (κ2) is 6.50. The molecule has 2 heterocycles. The van der Waals surface area contributed by atoms with Crippen LogP contribution in [0.25, 0.3) is 0 Å². The summed E-state index contributed by atoms with van der Waals surface area (Å²) in [5, 5.41) is 4.49. The van der Waals surface area contributed by atoms with Gasteiger partial charge >= 0.3 is 0 Å².